The molecule has 178 valence electrons. The van der Waals surface area contributed by atoms with Crippen molar-refractivity contribution in [2.75, 3.05) is 50.7 Å². The van der Waals surface area contributed by atoms with E-state index < -0.39 is 11.9 Å². The first-order chi connectivity index (χ1) is 16.3. The molecular weight excluding hydrogens is 439 g/mol. The van der Waals surface area contributed by atoms with Crippen LogP contribution in [0.15, 0.2) is 60.7 Å². The van der Waals surface area contributed by atoms with E-state index in [1.165, 1.54) is 19.2 Å². The van der Waals surface area contributed by atoms with Crippen molar-refractivity contribution in [1.82, 2.24) is 4.90 Å². The fourth-order valence-electron chi connectivity index (χ4n) is 3.06. The number of benzene rings is 3. The molecule has 0 bridgehead atoms. The van der Waals surface area contributed by atoms with Gasteiger partial charge >= 0.3 is 6.09 Å². The predicted octanol–water partition coefficient (Wildman–Crippen LogP) is 4.45. The van der Waals surface area contributed by atoms with E-state index >= 15 is 0 Å². The van der Waals surface area contributed by atoms with Crippen LogP contribution in [-0.4, -0.2) is 51.3 Å². The number of hydrogen-bond donors (Lipinski definition) is 3. The van der Waals surface area contributed by atoms with E-state index in [0.717, 1.165) is 0 Å². The van der Waals surface area contributed by atoms with Crippen LogP contribution in [0.25, 0.3) is 11.1 Å². The largest absolute Gasteiger partial charge is 0.494 e. The van der Waals surface area contributed by atoms with Gasteiger partial charge in [0.25, 0.3) is 5.91 Å². The van der Waals surface area contributed by atoms with Gasteiger partial charge in [-0.15, -0.1) is 0 Å². The van der Waals surface area contributed by atoms with Gasteiger partial charge in [-0.05, 0) is 73.8 Å². The highest BCUT2D eigenvalue weighted by Crippen LogP contribution is 2.30. The van der Waals surface area contributed by atoms with Gasteiger partial charge in [-0.2, -0.15) is 0 Å². The molecule has 0 saturated heterocycles. The number of nitrogens with one attached hydrogen (secondary N) is 2. The van der Waals surface area contributed by atoms with Crippen molar-refractivity contribution in [3.05, 3.63) is 72.0 Å². The van der Waals surface area contributed by atoms with E-state index in [9.17, 15) is 14.0 Å². The number of likely N-dealkylation sites (N-methyl/N-ethyl adjacent to an activating group) is 1. The summed E-state index contributed by atoms with van der Waals surface area (Å²) < 4.78 is 24.1. The number of ether oxygens (including phenoxy) is 2. The lowest BCUT2D eigenvalue weighted by molar-refractivity contribution is 0.102. The quantitative estimate of drug-likeness (QED) is 0.424. The van der Waals surface area contributed by atoms with Crippen molar-refractivity contribution in [3.63, 3.8) is 0 Å². The summed E-state index contributed by atoms with van der Waals surface area (Å²) in [4.78, 5) is 26.5. The zero-order valence-corrected chi connectivity index (χ0v) is 19.2. The number of carbonyl (C=O) groups excluding carboxylic acids is 2. The van der Waals surface area contributed by atoms with Crippen molar-refractivity contribution in [1.29, 1.82) is 0 Å². The van der Waals surface area contributed by atoms with E-state index in [-0.39, 0.29) is 18.3 Å². The molecule has 0 aliphatic rings. The predicted molar refractivity (Wildman–Crippen MR) is 131 cm³/mol. The Balaban J connectivity index is 1.66. The molecule has 0 aromatic heterocycles. The van der Waals surface area contributed by atoms with Gasteiger partial charge in [0.2, 0.25) is 0 Å². The number of halogens is 1. The lowest BCUT2D eigenvalue weighted by Gasteiger charge is -2.12. The Hall–Kier alpha value is -4.11. The SMILES string of the molecule is COc1ccc(-c2ccc(N)c(NC(=O)c3ccc(NC(=O)OCCN(C)C)cc3)c2)cc1F. The second-order valence-electron chi connectivity index (χ2n) is 7.75. The van der Waals surface area contributed by atoms with Crippen LogP contribution in [0.4, 0.5) is 26.2 Å². The van der Waals surface area contributed by atoms with E-state index in [1.807, 2.05) is 19.0 Å². The first-order valence-electron chi connectivity index (χ1n) is 10.5. The number of rotatable bonds is 8. The van der Waals surface area contributed by atoms with Gasteiger partial charge in [-0.3, -0.25) is 10.1 Å². The first-order valence-corrected chi connectivity index (χ1v) is 10.5. The summed E-state index contributed by atoms with van der Waals surface area (Å²) >= 11 is 0. The van der Waals surface area contributed by atoms with Crippen molar-refractivity contribution < 1.29 is 23.5 Å². The standard InChI is InChI=1S/C25H27FN4O4/c1-30(2)12-13-34-25(32)28-19-8-4-16(5-9-19)24(31)29-22-15-18(6-10-21(22)27)17-7-11-23(33-3)20(26)14-17/h4-11,14-15H,12-13,27H2,1-3H3,(H,28,32)(H,29,31). The zero-order chi connectivity index (χ0) is 24.7. The highest BCUT2D eigenvalue weighted by Gasteiger charge is 2.12. The molecule has 0 heterocycles. The smallest absolute Gasteiger partial charge is 0.411 e. The molecule has 9 heteroatoms. The van der Waals surface area contributed by atoms with Crippen molar-refractivity contribution in [2.45, 2.75) is 0 Å². The topological polar surface area (TPSA) is 106 Å². The normalized spacial score (nSPS) is 10.6. The third-order valence-corrected chi connectivity index (χ3v) is 4.95. The Bertz CT molecular complexity index is 1170. The second-order valence-corrected chi connectivity index (χ2v) is 7.75. The molecule has 0 atom stereocenters. The number of nitrogen functional groups attached to an aromatic ring is 1. The Labute approximate surface area is 197 Å². The van der Waals surface area contributed by atoms with Gasteiger partial charge in [-0.1, -0.05) is 12.1 Å². The molecule has 0 spiro atoms. The van der Waals surface area contributed by atoms with E-state index in [4.69, 9.17) is 15.2 Å². The average molecular weight is 467 g/mol. The summed E-state index contributed by atoms with van der Waals surface area (Å²) in [6.45, 7) is 0.882. The molecule has 0 saturated carbocycles. The van der Waals surface area contributed by atoms with Crippen LogP contribution in [0.5, 0.6) is 5.75 Å². The maximum absolute atomic E-state index is 14.1. The van der Waals surface area contributed by atoms with Crippen LogP contribution in [0, 0.1) is 5.82 Å². The summed E-state index contributed by atoms with van der Waals surface area (Å²) in [6.07, 6.45) is -0.571. The summed E-state index contributed by atoms with van der Waals surface area (Å²) in [7, 11) is 5.16. The van der Waals surface area contributed by atoms with Gasteiger partial charge in [0.15, 0.2) is 11.6 Å². The fourth-order valence-corrected chi connectivity index (χ4v) is 3.06. The molecule has 3 aromatic carbocycles. The van der Waals surface area contributed by atoms with Crippen molar-refractivity contribution in [3.8, 4) is 16.9 Å². The molecule has 0 unspecified atom stereocenters. The number of anilines is 3. The molecule has 0 aliphatic heterocycles. The molecule has 3 aromatic rings. The third kappa shape index (κ3) is 6.46. The number of amides is 2. The number of hydrogen-bond acceptors (Lipinski definition) is 6. The van der Waals surface area contributed by atoms with E-state index in [2.05, 4.69) is 10.6 Å². The van der Waals surface area contributed by atoms with Gasteiger partial charge in [0, 0.05) is 17.8 Å². The maximum atomic E-state index is 14.1. The lowest BCUT2D eigenvalue weighted by atomic mass is 10.0. The van der Waals surface area contributed by atoms with Crippen LogP contribution >= 0.6 is 0 Å². The summed E-state index contributed by atoms with van der Waals surface area (Å²) in [6, 6.07) is 16.0. The van der Waals surface area contributed by atoms with Crippen LogP contribution in [0.3, 0.4) is 0 Å². The highest BCUT2D eigenvalue weighted by molar-refractivity contribution is 6.06. The Morgan fingerprint density at radius 2 is 1.65 bits per heavy atom. The van der Waals surface area contributed by atoms with Gasteiger partial charge in [0.1, 0.15) is 6.61 Å². The Morgan fingerprint density at radius 3 is 2.29 bits per heavy atom. The molecule has 2 amide bonds. The zero-order valence-electron chi connectivity index (χ0n) is 19.2. The van der Waals surface area contributed by atoms with Crippen LogP contribution in [-0.2, 0) is 4.74 Å². The molecule has 3 rings (SSSR count). The summed E-state index contributed by atoms with van der Waals surface area (Å²) in [5.41, 5.74) is 8.95. The molecule has 0 aliphatic carbocycles. The lowest BCUT2D eigenvalue weighted by Crippen LogP contribution is -2.22. The monoisotopic (exact) mass is 466 g/mol. The minimum Gasteiger partial charge on any atom is -0.494 e. The maximum Gasteiger partial charge on any atom is 0.411 e. The summed E-state index contributed by atoms with van der Waals surface area (Å²) in [5, 5.41) is 5.38. The first kappa shape index (κ1) is 24.5. The van der Waals surface area contributed by atoms with Gasteiger partial charge in [0.05, 0.1) is 18.5 Å². The second kappa shape index (κ2) is 11.2. The third-order valence-electron chi connectivity index (χ3n) is 4.95. The Kier molecular flexibility index (Phi) is 8.05. The van der Waals surface area contributed by atoms with Crippen LogP contribution < -0.4 is 21.1 Å². The number of nitrogens with zero attached hydrogens (tertiary/aromatic N) is 1. The van der Waals surface area contributed by atoms with E-state index in [0.29, 0.717) is 40.3 Å². The molecule has 8 nitrogen and oxygen atoms in total. The average Bonchev–Trinajstić information content (AvgIpc) is 2.80. The van der Waals surface area contributed by atoms with E-state index in [1.54, 1.807) is 48.5 Å². The summed E-state index contributed by atoms with van der Waals surface area (Å²) in [5.74, 6) is -0.727. The molecule has 34 heavy (non-hydrogen) atoms. The highest BCUT2D eigenvalue weighted by atomic mass is 19.1. The van der Waals surface area contributed by atoms with Crippen molar-refractivity contribution >= 4 is 29.1 Å². The van der Waals surface area contributed by atoms with Crippen molar-refractivity contribution in [2.24, 2.45) is 0 Å². The number of methoxy groups -OCH3 is 1. The molecule has 0 fully saturated rings. The molecular formula is C25H27FN4O4. The number of carbonyl (C=O) groups is 2. The minimum atomic E-state index is -0.571. The van der Waals surface area contributed by atoms with Crippen LogP contribution in [0.2, 0.25) is 0 Å². The Morgan fingerprint density at radius 1 is 0.971 bits per heavy atom. The minimum absolute atomic E-state index is 0.146. The van der Waals surface area contributed by atoms with Gasteiger partial charge in [-0.25, -0.2) is 9.18 Å². The van der Waals surface area contributed by atoms with Crippen LogP contribution in [0.1, 0.15) is 10.4 Å². The van der Waals surface area contributed by atoms with Gasteiger partial charge < -0.3 is 25.4 Å². The fraction of sp³-hybridized carbons (Fsp3) is 0.200. The number of nitrogens with two attached hydrogens (primary N) is 1. The molecule has 4 N–H and O–H groups in total. The molecule has 0 radical (unpaired) electrons.